The molecule has 2 unspecified atom stereocenters. The Hall–Kier alpha value is -2.37. The third kappa shape index (κ3) is 2.28. The van der Waals surface area contributed by atoms with Crippen molar-refractivity contribution in [2.45, 2.75) is 24.5 Å². The van der Waals surface area contributed by atoms with Crippen LogP contribution in [0.15, 0.2) is 37.2 Å². The van der Waals surface area contributed by atoms with Crippen molar-refractivity contribution in [3.63, 3.8) is 0 Å². The second-order valence-corrected chi connectivity index (χ2v) is 5.56. The lowest BCUT2D eigenvalue weighted by Gasteiger charge is -2.25. The number of nitrogens with one attached hydrogen (secondary N) is 2. The van der Waals surface area contributed by atoms with E-state index in [1.807, 2.05) is 12.1 Å². The summed E-state index contributed by atoms with van der Waals surface area (Å²) in [5, 5.41) is 30.4. The summed E-state index contributed by atoms with van der Waals surface area (Å²) in [7, 11) is 0. The van der Waals surface area contributed by atoms with E-state index in [1.165, 1.54) is 12.7 Å². The summed E-state index contributed by atoms with van der Waals surface area (Å²) in [4.78, 5) is 15.5. The maximum Gasteiger partial charge on any atom is 0.282 e. The van der Waals surface area contributed by atoms with E-state index in [0.717, 1.165) is 0 Å². The van der Waals surface area contributed by atoms with Crippen molar-refractivity contribution in [3.8, 4) is 0 Å². The molecule has 0 spiro atoms. The second kappa shape index (κ2) is 5.92. The summed E-state index contributed by atoms with van der Waals surface area (Å²) in [6.07, 6.45) is 2.33. The molecule has 1 aliphatic rings. The number of aliphatic hydroxyl groups is 3. The summed E-state index contributed by atoms with van der Waals surface area (Å²) in [5.74, 6) is 0.503. The minimum Gasteiger partial charge on any atom is -0.394 e. The number of aliphatic hydroxyl groups excluding tert-OH is 3. The quantitative estimate of drug-likeness (QED) is 0.358. The number of aromatic amines is 1. The lowest BCUT2D eigenvalue weighted by Crippen LogP contribution is -3.15. The zero-order chi connectivity index (χ0) is 16.7. The molecule has 1 saturated heterocycles. The van der Waals surface area contributed by atoms with Gasteiger partial charge in [-0.1, -0.05) is 0 Å². The van der Waals surface area contributed by atoms with Crippen LogP contribution in [0.4, 0.5) is 5.82 Å². The lowest BCUT2D eigenvalue weighted by atomic mass is 10.1. The predicted molar refractivity (Wildman–Crippen MR) is 79.9 cm³/mol. The van der Waals surface area contributed by atoms with Crippen LogP contribution in [-0.4, -0.2) is 71.1 Å². The van der Waals surface area contributed by atoms with Gasteiger partial charge in [0, 0.05) is 0 Å². The number of quaternary nitrogens is 1. The van der Waals surface area contributed by atoms with Gasteiger partial charge < -0.3 is 25.0 Å². The number of rotatable bonds is 4. The van der Waals surface area contributed by atoms with E-state index < -0.39 is 31.1 Å². The number of fused-ring (bicyclic) bond motifs is 1. The maximum atomic E-state index is 10.4. The molecule has 126 valence electrons. The minimum atomic E-state index is -1.20. The number of H-pyrrole nitrogens is 1. The molecule has 0 bridgehead atoms. The van der Waals surface area contributed by atoms with Crippen molar-refractivity contribution in [2.24, 2.45) is 0 Å². The van der Waals surface area contributed by atoms with Crippen LogP contribution >= 0.6 is 0 Å². The fourth-order valence-corrected chi connectivity index (χ4v) is 2.98. The Kier molecular flexibility index (Phi) is 3.75. The van der Waals surface area contributed by atoms with E-state index in [1.54, 1.807) is 17.1 Å². The van der Waals surface area contributed by atoms with Crippen LogP contribution in [0.2, 0.25) is 0 Å². The second-order valence-electron chi connectivity index (χ2n) is 5.56. The van der Waals surface area contributed by atoms with Crippen molar-refractivity contribution in [1.29, 1.82) is 0 Å². The molecule has 0 amide bonds. The highest BCUT2D eigenvalue weighted by Gasteiger charge is 2.50. The van der Waals surface area contributed by atoms with Crippen molar-refractivity contribution in [1.82, 2.24) is 24.6 Å². The average Bonchev–Trinajstić information content (AvgIpc) is 3.32. The third-order valence-corrected chi connectivity index (χ3v) is 4.16. The first kappa shape index (κ1) is 15.2. The smallest absolute Gasteiger partial charge is 0.282 e. The van der Waals surface area contributed by atoms with Gasteiger partial charge in [0.2, 0.25) is 6.23 Å². The van der Waals surface area contributed by atoms with E-state index in [0.29, 0.717) is 22.0 Å². The summed E-state index contributed by atoms with van der Waals surface area (Å²) >= 11 is 0. The Bertz CT molecular complexity index is 822. The van der Waals surface area contributed by atoms with Gasteiger partial charge in [0.05, 0.1) is 25.3 Å². The first-order valence-electron chi connectivity index (χ1n) is 7.48. The highest BCUT2D eigenvalue weighted by Crippen LogP contribution is 2.20. The van der Waals surface area contributed by atoms with Crippen molar-refractivity contribution < 1.29 is 25.1 Å². The Labute approximate surface area is 136 Å². The van der Waals surface area contributed by atoms with Crippen molar-refractivity contribution in [3.05, 3.63) is 37.2 Å². The van der Waals surface area contributed by atoms with Gasteiger partial charge in [-0.2, -0.15) is 14.7 Å². The molecule has 10 heteroatoms. The van der Waals surface area contributed by atoms with Gasteiger partial charge in [0.1, 0.15) is 18.5 Å². The zero-order valence-electron chi connectivity index (χ0n) is 12.5. The van der Waals surface area contributed by atoms with Gasteiger partial charge in [0.15, 0.2) is 17.3 Å². The average molecular weight is 333 g/mol. The van der Waals surface area contributed by atoms with E-state index in [-0.39, 0.29) is 0 Å². The van der Waals surface area contributed by atoms with E-state index >= 15 is 0 Å². The Morgan fingerprint density at radius 2 is 1.96 bits per heavy atom. The van der Waals surface area contributed by atoms with E-state index in [2.05, 4.69) is 19.9 Å². The van der Waals surface area contributed by atoms with Crippen LogP contribution in [0.5, 0.6) is 0 Å². The number of hydrogen-bond donors (Lipinski definition) is 5. The van der Waals surface area contributed by atoms with E-state index in [9.17, 15) is 15.3 Å². The summed E-state index contributed by atoms with van der Waals surface area (Å²) in [6, 6.07) is 3.65. The molecule has 5 N–H and O–H groups in total. The molecule has 1 aliphatic heterocycles. The molecule has 0 radical (unpaired) electrons. The molecule has 0 aliphatic carbocycles. The molecule has 24 heavy (non-hydrogen) atoms. The molecule has 0 saturated carbocycles. The number of hydrogen-bond acceptors (Lipinski definition) is 7. The third-order valence-electron chi connectivity index (χ3n) is 4.16. The zero-order valence-corrected chi connectivity index (χ0v) is 12.5. The number of imidazole rings is 1. The van der Waals surface area contributed by atoms with Gasteiger partial charge in [-0.3, -0.25) is 0 Å². The molecular weight excluding hydrogens is 316 g/mol. The van der Waals surface area contributed by atoms with Crippen LogP contribution in [0.3, 0.4) is 0 Å². The summed E-state index contributed by atoms with van der Waals surface area (Å²) in [5.41, 5.74) is 1.08. The molecular formula is C14H17N6O4+. The number of nitrogens with zero attached hydrogens (tertiary/aromatic N) is 4. The molecule has 0 aromatic carbocycles. The van der Waals surface area contributed by atoms with Gasteiger partial charge >= 0.3 is 0 Å². The van der Waals surface area contributed by atoms with Crippen LogP contribution in [-0.2, 0) is 4.74 Å². The number of aromatic nitrogens is 5. The van der Waals surface area contributed by atoms with Crippen molar-refractivity contribution in [2.75, 3.05) is 6.61 Å². The molecule has 3 aromatic heterocycles. The highest BCUT2D eigenvalue weighted by atomic mass is 16.6. The normalized spacial score (nSPS) is 28.5. The molecule has 4 heterocycles. The van der Waals surface area contributed by atoms with Gasteiger partial charge in [-0.25, -0.2) is 9.97 Å². The Morgan fingerprint density at radius 3 is 2.67 bits per heavy atom. The molecule has 1 fully saturated rings. The highest BCUT2D eigenvalue weighted by molar-refractivity contribution is 5.77. The van der Waals surface area contributed by atoms with Crippen LogP contribution in [0, 0.1) is 0 Å². The van der Waals surface area contributed by atoms with Crippen molar-refractivity contribution >= 4 is 17.0 Å². The minimum absolute atomic E-state index is 0.392. The fourth-order valence-electron chi connectivity index (χ4n) is 2.98. The van der Waals surface area contributed by atoms with Gasteiger partial charge in [-0.15, -0.1) is 0 Å². The maximum absolute atomic E-state index is 10.4. The van der Waals surface area contributed by atoms with Crippen LogP contribution in [0.25, 0.3) is 11.2 Å². The molecule has 3 aromatic rings. The topological polar surface area (TPSA) is 134 Å². The summed E-state index contributed by atoms with van der Waals surface area (Å²) < 4.78 is 7.45. The lowest BCUT2D eigenvalue weighted by molar-refractivity contribution is -0.933. The van der Waals surface area contributed by atoms with Gasteiger partial charge in [-0.05, 0) is 12.1 Å². The number of ether oxygens (including phenoxy) is 1. The largest absolute Gasteiger partial charge is 0.394 e. The monoisotopic (exact) mass is 333 g/mol. The fraction of sp³-hybridized carbons (Fsp3) is 0.357. The van der Waals surface area contributed by atoms with E-state index in [4.69, 9.17) is 4.74 Å². The summed E-state index contributed by atoms with van der Waals surface area (Å²) in [6.45, 7) is -0.392. The standard InChI is InChI=1S/C14H16N6O4/c21-5-8-10(22)11(23)14(24-8)20(19-3-1-2-4-19)13-9-12(16-6-15-9)17-7-18-13/h1-4,6-8,10-11,14,21-23H,5H2,(H,15,16,17,18)/p+1/t8-,10-,11-,14?/m1/s1. The molecule has 10 nitrogen and oxygen atoms in total. The van der Waals surface area contributed by atoms with Gasteiger partial charge in [0.25, 0.3) is 5.82 Å². The Balaban J connectivity index is 1.83. The Morgan fingerprint density at radius 1 is 1.17 bits per heavy atom. The van der Waals surface area contributed by atoms with Crippen LogP contribution in [0.1, 0.15) is 0 Å². The molecule has 4 rings (SSSR count). The molecule has 5 atom stereocenters. The SMILES string of the molecule is OC[C@H]1OC([NH+](c2ncnc3nc[nH]c23)n2cccc2)[C@H](O)[C@@H]1O. The first-order valence-corrected chi connectivity index (χ1v) is 7.48. The first-order chi connectivity index (χ1) is 11.7. The predicted octanol–water partition coefficient (Wildman–Crippen LogP) is -2.43. The van der Waals surface area contributed by atoms with Crippen LogP contribution < -0.4 is 5.01 Å².